The van der Waals surface area contributed by atoms with Crippen LogP contribution in [0.15, 0.2) is 12.1 Å². The fraction of sp³-hybridized carbons (Fsp3) is 0.600. The van der Waals surface area contributed by atoms with E-state index in [1.807, 2.05) is 6.07 Å². The molecule has 2 aromatic rings. The minimum Gasteiger partial charge on any atom is -0.396 e. The molecule has 2 N–H and O–H groups in total. The smallest absolute Gasteiger partial charge is 0.200 e. The number of tetrazole rings is 1. The number of nitrogens with one attached hydrogen (secondary N) is 1. The molecule has 92 valence electrons. The Morgan fingerprint density at radius 2 is 2.24 bits per heavy atom. The molecule has 0 saturated carbocycles. The summed E-state index contributed by atoms with van der Waals surface area (Å²) in [5.41, 5.74) is 0.610. The number of aromatic nitrogens is 5. The lowest BCUT2D eigenvalue weighted by Crippen LogP contribution is -2.27. The van der Waals surface area contributed by atoms with Gasteiger partial charge in [-0.25, -0.2) is 0 Å². The molecule has 0 bridgehead atoms. The number of hydrogen-bond acceptors (Lipinski definition) is 6. The lowest BCUT2D eigenvalue weighted by molar-refractivity contribution is 0.267. The van der Waals surface area contributed by atoms with E-state index >= 15 is 0 Å². The van der Waals surface area contributed by atoms with Gasteiger partial charge in [0.05, 0.1) is 0 Å². The van der Waals surface area contributed by atoms with Crippen LogP contribution in [0.3, 0.4) is 0 Å². The maximum Gasteiger partial charge on any atom is 0.200 e. The highest BCUT2D eigenvalue weighted by molar-refractivity contribution is 5.42. The zero-order valence-corrected chi connectivity index (χ0v) is 9.91. The topological polar surface area (TPSA) is 88.2 Å². The van der Waals surface area contributed by atoms with Crippen LogP contribution < -0.4 is 5.32 Å². The Labute approximate surface area is 98.8 Å². The zero-order chi connectivity index (χ0) is 12.3. The average Bonchev–Trinajstić information content (AvgIpc) is 2.75. The van der Waals surface area contributed by atoms with Gasteiger partial charge in [0.25, 0.3) is 0 Å². The van der Waals surface area contributed by atoms with Crippen LogP contribution in [-0.4, -0.2) is 43.0 Å². The molecule has 17 heavy (non-hydrogen) atoms. The summed E-state index contributed by atoms with van der Waals surface area (Å²) in [4.78, 5) is 0. The third-order valence-corrected chi connectivity index (χ3v) is 2.65. The Bertz CT molecular complexity index is 482. The first-order valence-corrected chi connectivity index (χ1v) is 5.63. The summed E-state index contributed by atoms with van der Waals surface area (Å²) < 4.78 is 1.37. The third kappa shape index (κ3) is 2.68. The summed E-state index contributed by atoms with van der Waals surface area (Å²) in [6, 6.07) is 3.81. The highest BCUT2D eigenvalue weighted by Gasteiger charge is 2.13. The van der Waals surface area contributed by atoms with Gasteiger partial charge in [0.1, 0.15) is 5.82 Å². The molecule has 0 spiro atoms. The molecule has 0 radical (unpaired) electrons. The second-order valence-corrected chi connectivity index (χ2v) is 4.25. The van der Waals surface area contributed by atoms with Crippen LogP contribution >= 0.6 is 0 Å². The van der Waals surface area contributed by atoms with Crippen LogP contribution in [-0.2, 0) is 0 Å². The highest BCUT2D eigenvalue weighted by atomic mass is 16.3. The van der Waals surface area contributed by atoms with Gasteiger partial charge < -0.3 is 10.4 Å². The average molecular weight is 236 g/mol. The van der Waals surface area contributed by atoms with Crippen molar-refractivity contribution < 1.29 is 5.11 Å². The SMILES string of the molecule is CC(C)C(CCO)Nc1ccc2nnnn2n1. The Balaban J connectivity index is 2.15. The molecule has 2 heterocycles. The van der Waals surface area contributed by atoms with Crippen LogP contribution in [0.5, 0.6) is 0 Å². The predicted molar refractivity (Wildman–Crippen MR) is 62.5 cm³/mol. The largest absolute Gasteiger partial charge is 0.396 e. The number of anilines is 1. The van der Waals surface area contributed by atoms with E-state index in [0.717, 1.165) is 0 Å². The Kier molecular flexibility index (Phi) is 3.48. The molecule has 1 unspecified atom stereocenters. The second-order valence-electron chi connectivity index (χ2n) is 4.25. The summed E-state index contributed by atoms with van der Waals surface area (Å²) in [7, 11) is 0. The molecular weight excluding hydrogens is 220 g/mol. The first kappa shape index (κ1) is 11.7. The van der Waals surface area contributed by atoms with E-state index in [-0.39, 0.29) is 12.6 Å². The van der Waals surface area contributed by atoms with Gasteiger partial charge in [-0.15, -0.1) is 14.8 Å². The number of rotatable bonds is 5. The number of aliphatic hydroxyl groups excluding tert-OH is 1. The lowest BCUT2D eigenvalue weighted by atomic mass is 10.0. The van der Waals surface area contributed by atoms with Crippen molar-refractivity contribution in [3.05, 3.63) is 12.1 Å². The fourth-order valence-corrected chi connectivity index (χ4v) is 1.63. The van der Waals surface area contributed by atoms with Gasteiger partial charge in [-0.1, -0.05) is 13.8 Å². The van der Waals surface area contributed by atoms with Crippen molar-refractivity contribution in [1.29, 1.82) is 0 Å². The molecular formula is C10H16N6O. The van der Waals surface area contributed by atoms with Gasteiger partial charge in [0, 0.05) is 12.6 Å². The molecule has 0 aromatic carbocycles. The van der Waals surface area contributed by atoms with Gasteiger partial charge >= 0.3 is 0 Å². The fourth-order valence-electron chi connectivity index (χ4n) is 1.63. The third-order valence-electron chi connectivity index (χ3n) is 2.65. The van der Waals surface area contributed by atoms with Crippen molar-refractivity contribution in [2.45, 2.75) is 26.3 Å². The van der Waals surface area contributed by atoms with Gasteiger partial charge in [0.15, 0.2) is 5.65 Å². The first-order valence-electron chi connectivity index (χ1n) is 5.63. The number of aliphatic hydroxyl groups is 1. The van der Waals surface area contributed by atoms with Crippen LogP contribution in [0.2, 0.25) is 0 Å². The van der Waals surface area contributed by atoms with Crippen molar-refractivity contribution in [3.63, 3.8) is 0 Å². The van der Waals surface area contributed by atoms with Crippen LogP contribution in [0, 0.1) is 5.92 Å². The minimum atomic E-state index is 0.156. The van der Waals surface area contributed by atoms with Gasteiger partial charge in [-0.05, 0) is 34.9 Å². The molecule has 0 aliphatic carbocycles. The molecule has 0 saturated heterocycles. The monoisotopic (exact) mass is 236 g/mol. The quantitative estimate of drug-likeness (QED) is 0.778. The van der Waals surface area contributed by atoms with E-state index in [1.54, 1.807) is 6.07 Å². The number of fused-ring (bicyclic) bond motifs is 1. The van der Waals surface area contributed by atoms with E-state index in [0.29, 0.717) is 23.8 Å². The number of nitrogens with zero attached hydrogens (tertiary/aromatic N) is 5. The Morgan fingerprint density at radius 1 is 1.41 bits per heavy atom. The zero-order valence-electron chi connectivity index (χ0n) is 9.91. The molecule has 0 amide bonds. The van der Waals surface area contributed by atoms with Crippen molar-refractivity contribution in [2.75, 3.05) is 11.9 Å². The Morgan fingerprint density at radius 3 is 2.94 bits per heavy atom. The molecule has 0 fully saturated rings. The van der Waals surface area contributed by atoms with Crippen LogP contribution in [0.4, 0.5) is 5.82 Å². The van der Waals surface area contributed by atoms with E-state index in [4.69, 9.17) is 5.11 Å². The second kappa shape index (κ2) is 5.05. The molecule has 1 atom stereocenters. The Hall–Kier alpha value is -1.76. The summed E-state index contributed by atoms with van der Waals surface area (Å²) in [5, 5.41) is 27.5. The molecule has 2 aromatic heterocycles. The summed E-state index contributed by atoms with van der Waals surface area (Å²) in [5.74, 6) is 1.12. The lowest BCUT2D eigenvalue weighted by Gasteiger charge is -2.21. The standard InChI is InChI=1S/C10H16N6O/c1-7(2)8(5-6-17)11-9-3-4-10-12-14-15-16(10)13-9/h3-4,7-8,17H,5-6H2,1-2H3,(H,11,13). The highest BCUT2D eigenvalue weighted by Crippen LogP contribution is 2.13. The van der Waals surface area contributed by atoms with Crippen molar-refractivity contribution in [3.8, 4) is 0 Å². The van der Waals surface area contributed by atoms with Gasteiger partial charge in [0.2, 0.25) is 0 Å². The molecule has 7 nitrogen and oxygen atoms in total. The van der Waals surface area contributed by atoms with E-state index < -0.39 is 0 Å². The minimum absolute atomic E-state index is 0.156. The van der Waals surface area contributed by atoms with Crippen LogP contribution in [0.25, 0.3) is 5.65 Å². The van der Waals surface area contributed by atoms with Crippen molar-refractivity contribution in [2.24, 2.45) is 5.92 Å². The summed E-state index contributed by atoms with van der Waals surface area (Å²) >= 11 is 0. The normalized spacial score (nSPS) is 13.2. The van der Waals surface area contributed by atoms with Gasteiger partial charge in [-0.2, -0.15) is 0 Å². The van der Waals surface area contributed by atoms with Crippen molar-refractivity contribution in [1.82, 2.24) is 25.3 Å². The molecule has 7 heteroatoms. The van der Waals surface area contributed by atoms with Crippen LogP contribution in [0.1, 0.15) is 20.3 Å². The maximum atomic E-state index is 9.00. The molecule has 0 aliphatic heterocycles. The van der Waals surface area contributed by atoms with Gasteiger partial charge in [-0.3, -0.25) is 0 Å². The molecule has 0 aliphatic rings. The maximum absolute atomic E-state index is 9.00. The summed E-state index contributed by atoms with van der Waals surface area (Å²) in [6.07, 6.45) is 0.687. The van der Waals surface area contributed by atoms with E-state index in [9.17, 15) is 0 Å². The predicted octanol–water partition coefficient (Wildman–Crippen LogP) is 0.338. The summed E-state index contributed by atoms with van der Waals surface area (Å²) in [6.45, 7) is 4.36. The first-order chi connectivity index (χ1) is 8.20. The number of hydrogen-bond donors (Lipinski definition) is 2. The van der Waals surface area contributed by atoms with Crippen molar-refractivity contribution >= 4 is 11.5 Å². The molecule has 2 rings (SSSR count). The van der Waals surface area contributed by atoms with E-state index in [1.165, 1.54) is 4.63 Å². The van der Waals surface area contributed by atoms with E-state index in [2.05, 4.69) is 39.8 Å².